The largest absolute Gasteiger partial charge is 1.00 e. The van der Waals surface area contributed by atoms with E-state index in [0.717, 1.165) is 73.3 Å². The second-order valence-corrected chi connectivity index (χ2v) is 7.04. The number of unbranched alkanes of at least 4 members (excludes halogenated alkanes) is 3. The molecule has 150 valence electrons. The number of quaternary nitrogens is 1. The lowest BCUT2D eigenvalue weighted by atomic mass is 10.0. The summed E-state index contributed by atoms with van der Waals surface area (Å²) in [5, 5.41) is 11.1. The predicted octanol–water partition coefficient (Wildman–Crippen LogP) is 1.83. The maximum Gasteiger partial charge on any atom is 0.226 e. The highest BCUT2D eigenvalue weighted by molar-refractivity contribution is 6.06. The molecular formula is C23H35ClN2O. The molecule has 4 heteroatoms. The summed E-state index contributed by atoms with van der Waals surface area (Å²) < 4.78 is 6.01. The Morgan fingerprint density at radius 2 is 1.44 bits per heavy atom. The highest BCUT2D eigenvalue weighted by atomic mass is 35.5. The molecule has 0 aromatic heterocycles. The Labute approximate surface area is 171 Å². The number of fused-ring (bicyclic) bond motifs is 1. The zero-order chi connectivity index (χ0) is 18.8. The van der Waals surface area contributed by atoms with Gasteiger partial charge in [-0.15, -0.1) is 0 Å². The van der Waals surface area contributed by atoms with Crippen LogP contribution in [0.25, 0.3) is 10.8 Å². The van der Waals surface area contributed by atoms with Gasteiger partial charge in [0.25, 0.3) is 0 Å². The number of amidine groups is 1. The normalized spacial score (nSPS) is 10.8. The van der Waals surface area contributed by atoms with Crippen molar-refractivity contribution in [2.24, 2.45) is 0 Å². The molecule has 2 aromatic rings. The monoisotopic (exact) mass is 390 g/mol. The highest BCUT2D eigenvalue weighted by Gasteiger charge is 2.20. The fourth-order valence-corrected chi connectivity index (χ4v) is 3.29. The lowest BCUT2D eigenvalue weighted by Crippen LogP contribution is -3.14. The van der Waals surface area contributed by atoms with Crippen molar-refractivity contribution in [2.45, 2.75) is 59.3 Å². The van der Waals surface area contributed by atoms with Crippen LogP contribution in [-0.4, -0.2) is 25.5 Å². The number of halogens is 1. The molecule has 0 aliphatic rings. The van der Waals surface area contributed by atoms with Gasteiger partial charge in [-0.05, 0) is 31.4 Å². The quantitative estimate of drug-likeness (QED) is 0.343. The van der Waals surface area contributed by atoms with Crippen molar-refractivity contribution in [2.75, 3.05) is 19.7 Å². The molecule has 0 aliphatic heterocycles. The molecule has 3 nitrogen and oxygen atoms in total. The van der Waals surface area contributed by atoms with Gasteiger partial charge in [-0.3, -0.25) is 10.3 Å². The van der Waals surface area contributed by atoms with Gasteiger partial charge in [-0.2, -0.15) is 0 Å². The van der Waals surface area contributed by atoms with E-state index in [2.05, 4.69) is 57.2 Å². The molecule has 2 aromatic carbocycles. The minimum atomic E-state index is 0. The molecule has 27 heavy (non-hydrogen) atoms. The third kappa shape index (κ3) is 6.51. The first-order chi connectivity index (χ1) is 12.7. The van der Waals surface area contributed by atoms with Gasteiger partial charge in [0.05, 0.1) is 25.3 Å². The van der Waals surface area contributed by atoms with Gasteiger partial charge in [0.1, 0.15) is 5.75 Å². The van der Waals surface area contributed by atoms with Crippen LogP contribution < -0.4 is 22.0 Å². The molecule has 0 heterocycles. The van der Waals surface area contributed by atoms with Crippen LogP contribution in [0, 0.1) is 5.41 Å². The van der Waals surface area contributed by atoms with Crippen molar-refractivity contribution in [3.8, 4) is 5.75 Å². The molecule has 0 bridgehead atoms. The summed E-state index contributed by atoms with van der Waals surface area (Å²) in [5.41, 5.74) is 1.05. The number of hydrogen-bond donors (Lipinski definition) is 2. The van der Waals surface area contributed by atoms with E-state index in [1.807, 2.05) is 0 Å². The molecular weight excluding hydrogens is 356 g/mol. The zero-order valence-electron chi connectivity index (χ0n) is 17.1. The summed E-state index contributed by atoms with van der Waals surface area (Å²) >= 11 is 0. The van der Waals surface area contributed by atoms with Crippen LogP contribution in [0.5, 0.6) is 5.75 Å². The van der Waals surface area contributed by atoms with E-state index in [9.17, 15) is 0 Å². The number of rotatable bonds is 11. The molecule has 2 N–H and O–H groups in total. The Morgan fingerprint density at radius 3 is 2.04 bits per heavy atom. The van der Waals surface area contributed by atoms with Crippen LogP contribution in [0.3, 0.4) is 0 Å². The molecule has 0 saturated carbocycles. The third-order valence-electron chi connectivity index (χ3n) is 4.93. The maximum absolute atomic E-state index is 8.89. The maximum atomic E-state index is 8.89. The van der Waals surface area contributed by atoms with Crippen molar-refractivity contribution in [3.63, 3.8) is 0 Å². The first kappa shape index (κ1) is 23.5. The Morgan fingerprint density at radius 1 is 0.852 bits per heavy atom. The lowest BCUT2D eigenvalue weighted by molar-refractivity contribution is -0.806. The van der Waals surface area contributed by atoms with Crippen LogP contribution in [0.15, 0.2) is 36.4 Å². The number of hydrogen-bond acceptors (Lipinski definition) is 2. The third-order valence-corrected chi connectivity index (χ3v) is 4.93. The number of benzene rings is 2. The Hall–Kier alpha value is -1.58. The molecule has 0 atom stereocenters. The van der Waals surface area contributed by atoms with E-state index in [1.54, 1.807) is 0 Å². The minimum Gasteiger partial charge on any atom is -1.00 e. The van der Waals surface area contributed by atoms with Crippen molar-refractivity contribution < 1.29 is 22.0 Å². The average Bonchev–Trinajstić information content (AvgIpc) is 2.68. The zero-order valence-corrected chi connectivity index (χ0v) is 17.9. The number of nitrogens with one attached hydrogen (secondary N) is 2. The molecule has 0 saturated heterocycles. The van der Waals surface area contributed by atoms with Crippen LogP contribution in [-0.2, 0) is 0 Å². The SMILES string of the molecule is CCCCOc1ccc(C(=N)[NH+](CCCC)CCCC)c2ccccc12.[Cl-]. The number of ether oxygens (including phenoxy) is 1. The van der Waals surface area contributed by atoms with E-state index in [4.69, 9.17) is 10.1 Å². The van der Waals surface area contributed by atoms with Gasteiger partial charge in [-0.25, -0.2) is 0 Å². The Balaban J connectivity index is 0.00000364. The minimum absolute atomic E-state index is 0. The summed E-state index contributed by atoms with van der Waals surface area (Å²) in [6, 6.07) is 12.5. The molecule has 0 unspecified atom stereocenters. The molecule has 0 fully saturated rings. The second kappa shape index (κ2) is 12.7. The topological polar surface area (TPSA) is 37.5 Å². The van der Waals surface area contributed by atoms with Gasteiger partial charge in [0.15, 0.2) is 0 Å². The van der Waals surface area contributed by atoms with Gasteiger partial charge in [0, 0.05) is 10.8 Å². The molecule has 0 amide bonds. The summed E-state index contributed by atoms with van der Waals surface area (Å²) in [6.07, 6.45) is 6.88. The summed E-state index contributed by atoms with van der Waals surface area (Å²) in [4.78, 5) is 1.30. The average molecular weight is 391 g/mol. The van der Waals surface area contributed by atoms with E-state index in [0.29, 0.717) is 0 Å². The van der Waals surface area contributed by atoms with Crippen LogP contribution in [0.2, 0.25) is 0 Å². The van der Waals surface area contributed by atoms with Gasteiger partial charge in [0.2, 0.25) is 5.84 Å². The van der Waals surface area contributed by atoms with Crippen LogP contribution in [0.4, 0.5) is 0 Å². The van der Waals surface area contributed by atoms with Gasteiger partial charge >= 0.3 is 0 Å². The van der Waals surface area contributed by atoms with E-state index in [1.165, 1.54) is 17.7 Å². The fourth-order valence-electron chi connectivity index (χ4n) is 3.29. The van der Waals surface area contributed by atoms with E-state index >= 15 is 0 Å². The van der Waals surface area contributed by atoms with E-state index in [-0.39, 0.29) is 12.4 Å². The summed E-state index contributed by atoms with van der Waals surface area (Å²) in [6.45, 7) is 9.45. The van der Waals surface area contributed by atoms with Crippen molar-refractivity contribution in [3.05, 3.63) is 42.0 Å². The molecule has 0 aliphatic carbocycles. The van der Waals surface area contributed by atoms with Gasteiger partial charge in [-0.1, -0.05) is 64.3 Å². The Kier molecular flexibility index (Phi) is 11.1. The summed E-state index contributed by atoms with van der Waals surface area (Å²) in [7, 11) is 0. The standard InChI is InChI=1S/C23H34N2O.ClH/c1-4-7-16-25(17-8-5-2)23(24)21-14-15-22(26-18-9-6-3)20-13-11-10-12-19(20)21;/h10-15,24H,4-9,16-18H2,1-3H3;1H. The van der Waals surface area contributed by atoms with Crippen molar-refractivity contribution in [1.29, 1.82) is 5.41 Å². The van der Waals surface area contributed by atoms with Crippen molar-refractivity contribution in [1.82, 2.24) is 0 Å². The predicted molar refractivity (Wildman–Crippen MR) is 112 cm³/mol. The van der Waals surface area contributed by atoms with Crippen LogP contribution >= 0.6 is 0 Å². The highest BCUT2D eigenvalue weighted by Crippen LogP contribution is 2.28. The summed E-state index contributed by atoms with van der Waals surface area (Å²) in [5.74, 6) is 1.66. The van der Waals surface area contributed by atoms with Crippen LogP contribution in [0.1, 0.15) is 64.9 Å². The molecule has 0 spiro atoms. The molecule has 2 rings (SSSR count). The molecule has 0 radical (unpaired) electrons. The van der Waals surface area contributed by atoms with E-state index < -0.39 is 0 Å². The fraction of sp³-hybridized carbons (Fsp3) is 0.522. The lowest BCUT2D eigenvalue weighted by Gasteiger charge is -2.21. The first-order valence-corrected chi connectivity index (χ1v) is 10.3. The smallest absolute Gasteiger partial charge is 0.226 e. The van der Waals surface area contributed by atoms with Gasteiger partial charge < -0.3 is 17.1 Å². The van der Waals surface area contributed by atoms with Crippen molar-refractivity contribution >= 4 is 16.6 Å². The first-order valence-electron chi connectivity index (χ1n) is 10.3. The Bertz CT molecular complexity index is 694. The second-order valence-electron chi connectivity index (χ2n) is 7.04.